The molecule has 1 saturated heterocycles. The summed E-state index contributed by atoms with van der Waals surface area (Å²) in [6.07, 6.45) is 3.04. The fraction of sp³-hybridized carbons (Fsp3) is 0.455. The first-order chi connectivity index (χ1) is 9.91. The molecule has 3 heterocycles. The van der Waals surface area contributed by atoms with Crippen molar-refractivity contribution in [3.05, 3.63) is 26.9 Å². The molecular formula is C11H12Cl2N4O2S2. The zero-order chi connectivity index (χ0) is 15.2. The summed E-state index contributed by atoms with van der Waals surface area (Å²) in [4.78, 5) is 0.0632. The highest BCUT2D eigenvalue weighted by atomic mass is 35.5. The molecule has 1 aliphatic rings. The van der Waals surface area contributed by atoms with Crippen molar-refractivity contribution >= 4 is 44.6 Å². The van der Waals surface area contributed by atoms with Crippen molar-refractivity contribution < 1.29 is 8.42 Å². The molecule has 0 saturated carbocycles. The second kappa shape index (κ2) is 5.51. The summed E-state index contributed by atoms with van der Waals surface area (Å²) in [5.41, 5.74) is 0. The lowest BCUT2D eigenvalue weighted by Crippen LogP contribution is -2.31. The summed E-state index contributed by atoms with van der Waals surface area (Å²) in [6, 6.07) is 1.08. The molecule has 1 fully saturated rings. The van der Waals surface area contributed by atoms with Crippen LogP contribution in [0.1, 0.15) is 24.7 Å². The summed E-state index contributed by atoms with van der Waals surface area (Å²) < 4.78 is 29.3. The number of aryl methyl sites for hydroxylation is 1. The lowest BCUT2D eigenvalue weighted by Gasteiger charge is -2.22. The van der Waals surface area contributed by atoms with E-state index < -0.39 is 10.0 Å². The van der Waals surface area contributed by atoms with Gasteiger partial charge in [-0.1, -0.05) is 23.2 Å². The molecule has 1 aliphatic heterocycles. The van der Waals surface area contributed by atoms with Gasteiger partial charge in [-0.05, 0) is 18.9 Å². The highest BCUT2D eigenvalue weighted by molar-refractivity contribution is 7.89. The van der Waals surface area contributed by atoms with Crippen LogP contribution in [0.2, 0.25) is 8.67 Å². The smallest absolute Gasteiger partial charge is 0.246 e. The minimum atomic E-state index is -3.69. The molecule has 6 nitrogen and oxygen atoms in total. The average molecular weight is 367 g/mol. The van der Waals surface area contributed by atoms with E-state index in [-0.39, 0.29) is 15.3 Å². The second-order valence-corrected chi connectivity index (χ2v) is 8.91. The minimum Gasteiger partial charge on any atom is -0.319 e. The SMILES string of the molecule is Cn1cnnc1C1CCCN1S(=O)(=O)c1cc(Cl)sc1Cl. The predicted molar refractivity (Wildman–Crippen MR) is 81.2 cm³/mol. The Bertz CT molecular complexity index is 771. The van der Waals surface area contributed by atoms with Gasteiger partial charge in [-0.15, -0.1) is 21.5 Å². The van der Waals surface area contributed by atoms with Crippen molar-refractivity contribution in [3.63, 3.8) is 0 Å². The Kier molecular flexibility index (Phi) is 4.00. The van der Waals surface area contributed by atoms with E-state index in [0.29, 0.717) is 23.1 Å². The quantitative estimate of drug-likeness (QED) is 0.837. The summed E-state index contributed by atoms with van der Waals surface area (Å²) >= 11 is 12.9. The Morgan fingerprint density at radius 2 is 2.19 bits per heavy atom. The maximum absolute atomic E-state index is 12.8. The highest BCUT2D eigenvalue weighted by Gasteiger charge is 2.39. The van der Waals surface area contributed by atoms with E-state index in [2.05, 4.69) is 10.2 Å². The standard InChI is InChI=1S/C11H12Cl2N4O2S2/c1-16-6-14-15-11(16)7-3-2-4-17(7)21(18,19)8-5-9(12)20-10(8)13/h5-7H,2-4H2,1H3. The Balaban J connectivity index is 2.02. The van der Waals surface area contributed by atoms with Crippen LogP contribution in [0.3, 0.4) is 0 Å². The molecular weight excluding hydrogens is 355 g/mol. The number of thiophene rings is 1. The number of hydrogen-bond donors (Lipinski definition) is 0. The first-order valence-corrected chi connectivity index (χ1v) is 9.23. The third kappa shape index (κ3) is 2.59. The number of sulfonamides is 1. The van der Waals surface area contributed by atoms with Crippen molar-refractivity contribution in [1.82, 2.24) is 19.1 Å². The van der Waals surface area contributed by atoms with Crippen molar-refractivity contribution in [2.24, 2.45) is 7.05 Å². The summed E-state index contributed by atoms with van der Waals surface area (Å²) in [6.45, 7) is 0.434. The fourth-order valence-corrected chi connectivity index (χ4v) is 6.28. The topological polar surface area (TPSA) is 68.1 Å². The van der Waals surface area contributed by atoms with Crippen LogP contribution >= 0.6 is 34.5 Å². The minimum absolute atomic E-state index is 0.0632. The van der Waals surface area contributed by atoms with Gasteiger partial charge in [0.15, 0.2) is 5.82 Å². The van der Waals surface area contributed by atoms with Crippen LogP contribution in [0.4, 0.5) is 0 Å². The molecule has 114 valence electrons. The Morgan fingerprint density at radius 3 is 2.76 bits per heavy atom. The van der Waals surface area contributed by atoms with Crippen LogP contribution in [0.15, 0.2) is 17.3 Å². The van der Waals surface area contributed by atoms with Gasteiger partial charge >= 0.3 is 0 Å². The summed E-state index contributed by atoms with van der Waals surface area (Å²) in [5, 5.41) is 7.86. The van der Waals surface area contributed by atoms with E-state index in [1.165, 1.54) is 10.4 Å². The van der Waals surface area contributed by atoms with Crippen LogP contribution in [0.25, 0.3) is 0 Å². The maximum Gasteiger partial charge on any atom is 0.246 e. The zero-order valence-electron chi connectivity index (χ0n) is 11.0. The molecule has 2 aromatic rings. The lowest BCUT2D eigenvalue weighted by atomic mass is 10.2. The monoisotopic (exact) mass is 366 g/mol. The van der Waals surface area contributed by atoms with Crippen LogP contribution in [-0.4, -0.2) is 34.0 Å². The lowest BCUT2D eigenvalue weighted by molar-refractivity contribution is 0.376. The van der Waals surface area contributed by atoms with Crippen molar-refractivity contribution in [2.75, 3.05) is 6.54 Å². The van der Waals surface area contributed by atoms with Crippen LogP contribution in [0, 0.1) is 0 Å². The normalized spacial score (nSPS) is 20.2. The van der Waals surface area contributed by atoms with Crippen molar-refractivity contribution in [2.45, 2.75) is 23.8 Å². The number of halogens is 2. The summed E-state index contributed by atoms with van der Waals surface area (Å²) in [5.74, 6) is 0.633. The molecule has 1 unspecified atom stereocenters. The molecule has 0 bridgehead atoms. The third-order valence-corrected chi connectivity index (χ3v) is 7.12. The number of nitrogens with zero attached hydrogens (tertiary/aromatic N) is 4. The largest absolute Gasteiger partial charge is 0.319 e. The van der Waals surface area contributed by atoms with E-state index in [1.54, 1.807) is 17.9 Å². The van der Waals surface area contributed by atoms with Crippen molar-refractivity contribution in [3.8, 4) is 0 Å². The van der Waals surface area contributed by atoms with Gasteiger partial charge < -0.3 is 4.57 Å². The molecule has 0 aromatic carbocycles. The van der Waals surface area contributed by atoms with Crippen LogP contribution in [0.5, 0.6) is 0 Å². The summed E-state index contributed by atoms with van der Waals surface area (Å²) in [7, 11) is -1.90. The number of aromatic nitrogens is 3. The molecule has 0 aliphatic carbocycles. The van der Waals surface area contributed by atoms with Crippen LogP contribution < -0.4 is 0 Å². The van der Waals surface area contributed by atoms with Gasteiger partial charge in [-0.3, -0.25) is 0 Å². The maximum atomic E-state index is 12.8. The van der Waals surface area contributed by atoms with Crippen LogP contribution in [-0.2, 0) is 17.1 Å². The highest BCUT2D eigenvalue weighted by Crippen LogP contribution is 2.40. The van der Waals surface area contributed by atoms with Gasteiger partial charge in [0.25, 0.3) is 0 Å². The molecule has 0 radical (unpaired) electrons. The molecule has 0 spiro atoms. The van der Waals surface area contributed by atoms with E-state index in [0.717, 1.165) is 17.8 Å². The first kappa shape index (κ1) is 15.2. The Labute approximate surface area is 136 Å². The van der Waals surface area contributed by atoms with E-state index in [9.17, 15) is 8.42 Å². The molecule has 0 amide bonds. The predicted octanol–water partition coefficient (Wildman–Crippen LogP) is 2.71. The van der Waals surface area contributed by atoms with E-state index in [4.69, 9.17) is 23.2 Å². The van der Waals surface area contributed by atoms with Gasteiger partial charge in [0.2, 0.25) is 10.0 Å². The van der Waals surface area contributed by atoms with Gasteiger partial charge in [0.1, 0.15) is 15.6 Å². The Hall–Kier alpha value is -0.670. The molecule has 2 aromatic heterocycles. The van der Waals surface area contributed by atoms with Gasteiger partial charge in [0.05, 0.1) is 10.4 Å². The van der Waals surface area contributed by atoms with Gasteiger partial charge in [-0.25, -0.2) is 8.42 Å². The molecule has 21 heavy (non-hydrogen) atoms. The number of hydrogen-bond acceptors (Lipinski definition) is 5. The molecule has 1 atom stereocenters. The molecule has 3 rings (SSSR count). The molecule has 0 N–H and O–H groups in total. The third-order valence-electron chi connectivity index (χ3n) is 3.46. The van der Waals surface area contributed by atoms with Crippen molar-refractivity contribution in [1.29, 1.82) is 0 Å². The van der Waals surface area contributed by atoms with Gasteiger partial charge in [-0.2, -0.15) is 4.31 Å². The first-order valence-electron chi connectivity index (χ1n) is 6.22. The fourth-order valence-electron chi connectivity index (χ4n) is 2.51. The molecule has 10 heteroatoms. The average Bonchev–Trinajstić information content (AvgIpc) is 3.08. The Morgan fingerprint density at radius 1 is 1.43 bits per heavy atom. The zero-order valence-corrected chi connectivity index (χ0v) is 14.2. The second-order valence-electron chi connectivity index (χ2n) is 4.76. The number of rotatable bonds is 3. The van der Waals surface area contributed by atoms with E-state index in [1.807, 2.05) is 0 Å². The van der Waals surface area contributed by atoms with Gasteiger partial charge in [0, 0.05) is 13.6 Å². The van der Waals surface area contributed by atoms with E-state index >= 15 is 0 Å².